The number of thioether (sulfide) groups is 1. The number of nitrogens with two attached hydrogens (primary N) is 1. The van der Waals surface area contributed by atoms with Gasteiger partial charge in [-0.1, -0.05) is 24.6 Å². The predicted molar refractivity (Wildman–Crippen MR) is 78.3 cm³/mol. The number of hydrogen-bond acceptors (Lipinski definition) is 7. The maximum atomic E-state index is 10.4. The molecule has 19 heavy (non-hydrogen) atoms. The van der Waals surface area contributed by atoms with Crippen LogP contribution in [0.3, 0.4) is 0 Å². The van der Waals surface area contributed by atoms with Crippen molar-refractivity contribution in [2.75, 3.05) is 30.2 Å². The Morgan fingerprint density at radius 3 is 2.74 bits per heavy atom. The Hall–Kier alpha value is -1.05. The van der Waals surface area contributed by atoms with Crippen LogP contribution in [0.2, 0.25) is 0 Å². The molecule has 1 aliphatic carbocycles. The third kappa shape index (κ3) is 3.49. The summed E-state index contributed by atoms with van der Waals surface area (Å²) >= 11 is 1.46. The van der Waals surface area contributed by atoms with E-state index in [-0.39, 0.29) is 0 Å². The average molecular weight is 283 g/mol. The minimum absolute atomic E-state index is 0.583. The standard InChI is InChI=1S/C12H21N5OS/c1-17(8-12(18)5-3-4-6-12)10-7-9(16-13)14-11(15-10)19-2/h7,18H,3-6,8,13H2,1-2H3,(H,14,15,16). The molecule has 7 heteroatoms. The van der Waals surface area contributed by atoms with Crippen molar-refractivity contribution in [3.05, 3.63) is 6.07 Å². The molecular formula is C12H21N5OS. The number of rotatable bonds is 5. The Labute approximate surface area is 117 Å². The fourth-order valence-corrected chi connectivity index (χ4v) is 2.86. The molecule has 0 unspecified atom stereocenters. The van der Waals surface area contributed by atoms with Gasteiger partial charge in [0.2, 0.25) is 0 Å². The largest absolute Gasteiger partial charge is 0.388 e. The van der Waals surface area contributed by atoms with Gasteiger partial charge in [0.25, 0.3) is 0 Å². The second kappa shape index (κ2) is 5.94. The first-order valence-corrected chi connectivity index (χ1v) is 7.62. The Bertz CT molecular complexity index is 414. The van der Waals surface area contributed by atoms with E-state index >= 15 is 0 Å². The maximum absolute atomic E-state index is 10.4. The normalized spacial score (nSPS) is 17.5. The van der Waals surface area contributed by atoms with E-state index in [4.69, 9.17) is 5.84 Å². The zero-order chi connectivity index (χ0) is 13.9. The number of hydrogen-bond donors (Lipinski definition) is 3. The summed E-state index contributed by atoms with van der Waals surface area (Å²) in [5, 5.41) is 11.1. The van der Waals surface area contributed by atoms with Gasteiger partial charge in [0.15, 0.2) is 5.16 Å². The second-order valence-corrected chi connectivity index (χ2v) is 5.80. The summed E-state index contributed by atoms with van der Waals surface area (Å²) < 4.78 is 0. The van der Waals surface area contributed by atoms with Gasteiger partial charge in [-0.05, 0) is 19.1 Å². The molecule has 0 bridgehead atoms. The zero-order valence-electron chi connectivity index (χ0n) is 11.4. The van der Waals surface area contributed by atoms with Gasteiger partial charge in [0.1, 0.15) is 11.6 Å². The monoisotopic (exact) mass is 283 g/mol. The highest BCUT2D eigenvalue weighted by Crippen LogP contribution is 2.31. The molecule has 1 aromatic rings. The van der Waals surface area contributed by atoms with E-state index in [1.54, 1.807) is 6.07 Å². The number of likely N-dealkylation sites (N-methyl/N-ethyl adjacent to an activating group) is 1. The van der Waals surface area contributed by atoms with Gasteiger partial charge in [-0.3, -0.25) is 0 Å². The predicted octanol–water partition coefficient (Wildman–Crippen LogP) is 1.23. The number of anilines is 2. The van der Waals surface area contributed by atoms with Crippen LogP contribution in [0, 0.1) is 0 Å². The molecule has 1 saturated carbocycles. The molecule has 0 radical (unpaired) electrons. The third-order valence-corrected chi connectivity index (χ3v) is 4.03. The summed E-state index contributed by atoms with van der Waals surface area (Å²) in [4.78, 5) is 10.6. The Morgan fingerprint density at radius 2 is 2.16 bits per heavy atom. The van der Waals surface area contributed by atoms with E-state index in [9.17, 15) is 5.11 Å². The minimum atomic E-state index is -0.588. The van der Waals surface area contributed by atoms with Crippen molar-refractivity contribution in [2.24, 2.45) is 5.84 Å². The molecule has 1 aliphatic rings. The number of nitrogens with one attached hydrogen (secondary N) is 1. The van der Waals surface area contributed by atoms with Gasteiger partial charge < -0.3 is 15.4 Å². The third-order valence-electron chi connectivity index (χ3n) is 3.48. The van der Waals surface area contributed by atoms with Crippen molar-refractivity contribution >= 4 is 23.4 Å². The van der Waals surface area contributed by atoms with Crippen LogP contribution in [-0.4, -0.2) is 40.5 Å². The van der Waals surface area contributed by atoms with Crippen LogP contribution in [0.15, 0.2) is 11.2 Å². The van der Waals surface area contributed by atoms with Crippen LogP contribution in [0.4, 0.5) is 11.6 Å². The van der Waals surface area contributed by atoms with E-state index in [0.29, 0.717) is 17.5 Å². The molecule has 106 valence electrons. The summed E-state index contributed by atoms with van der Waals surface area (Å²) in [6.45, 7) is 0.585. The zero-order valence-corrected chi connectivity index (χ0v) is 12.2. The fourth-order valence-electron chi connectivity index (χ4n) is 2.49. The summed E-state index contributed by atoms with van der Waals surface area (Å²) in [6.07, 6.45) is 5.84. The second-order valence-electron chi connectivity index (χ2n) is 5.03. The maximum Gasteiger partial charge on any atom is 0.191 e. The van der Waals surface area contributed by atoms with Crippen molar-refractivity contribution in [1.29, 1.82) is 0 Å². The molecule has 1 fully saturated rings. The van der Waals surface area contributed by atoms with Gasteiger partial charge >= 0.3 is 0 Å². The molecule has 2 rings (SSSR count). The van der Waals surface area contributed by atoms with Crippen LogP contribution in [0.25, 0.3) is 0 Å². The SMILES string of the molecule is CSc1nc(NN)cc(N(C)CC2(O)CCCC2)n1. The molecule has 0 aromatic carbocycles. The summed E-state index contributed by atoms with van der Waals surface area (Å²) in [5.74, 6) is 6.77. The number of nitrogen functional groups attached to an aromatic ring is 1. The summed E-state index contributed by atoms with van der Waals surface area (Å²) in [6, 6.07) is 1.79. The van der Waals surface area contributed by atoms with Gasteiger partial charge in [0.05, 0.1) is 5.60 Å². The molecule has 6 nitrogen and oxygen atoms in total. The van der Waals surface area contributed by atoms with E-state index in [1.807, 2.05) is 18.2 Å². The topological polar surface area (TPSA) is 87.3 Å². The van der Waals surface area contributed by atoms with Crippen LogP contribution in [0.1, 0.15) is 25.7 Å². The van der Waals surface area contributed by atoms with Crippen LogP contribution >= 0.6 is 11.8 Å². The van der Waals surface area contributed by atoms with Crippen molar-refractivity contribution < 1.29 is 5.11 Å². The Kier molecular flexibility index (Phi) is 4.49. The molecule has 0 saturated heterocycles. The van der Waals surface area contributed by atoms with Crippen molar-refractivity contribution in [1.82, 2.24) is 9.97 Å². The van der Waals surface area contributed by atoms with Crippen LogP contribution in [-0.2, 0) is 0 Å². The Balaban J connectivity index is 2.15. The number of nitrogens with zero attached hydrogens (tertiary/aromatic N) is 3. The quantitative estimate of drug-likeness (QED) is 0.324. The van der Waals surface area contributed by atoms with Crippen LogP contribution in [0.5, 0.6) is 0 Å². The van der Waals surface area contributed by atoms with E-state index < -0.39 is 5.60 Å². The number of aromatic nitrogens is 2. The van der Waals surface area contributed by atoms with Gasteiger partial charge in [0, 0.05) is 19.7 Å². The van der Waals surface area contributed by atoms with E-state index in [1.165, 1.54) is 11.8 Å². The van der Waals surface area contributed by atoms with Crippen molar-refractivity contribution in [2.45, 2.75) is 36.4 Å². The molecule has 0 aliphatic heterocycles. The molecule has 4 N–H and O–H groups in total. The van der Waals surface area contributed by atoms with Gasteiger partial charge in [-0.15, -0.1) is 0 Å². The van der Waals surface area contributed by atoms with E-state index in [0.717, 1.165) is 31.5 Å². The summed E-state index contributed by atoms with van der Waals surface area (Å²) in [5.41, 5.74) is 1.96. The number of aliphatic hydroxyl groups is 1. The first kappa shape index (κ1) is 14.4. The lowest BCUT2D eigenvalue weighted by Crippen LogP contribution is -2.39. The van der Waals surface area contributed by atoms with Gasteiger partial charge in [-0.25, -0.2) is 15.8 Å². The summed E-state index contributed by atoms with van der Waals surface area (Å²) in [7, 11) is 1.93. The molecule has 0 spiro atoms. The smallest absolute Gasteiger partial charge is 0.191 e. The van der Waals surface area contributed by atoms with E-state index in [2.05, 4.69) is 15.4 Å². The molecular weight excluding hydrogens is 262 g/mol. The Morgan fingerprint density at radius 1 is 1.47 bits per heavy atom. The lowest BCUT2D eigenvalue weighted by molar-refractivity contribution is 0.0557. The number of hydrazine groups is 1. The first-order chi connectivity index (χ1) is 9.06. The van der Waals surface area contributed by atoms with Crippen molar-refractivity contribution in [3.8, 4) is 0 Å². The van der Waals surface area contributed by atoms with Gasteiger partial charge in [-0.2, -0.15) is 0 Å². The fraction of sp³-hybridized carbons (Fsp3) is 0.667. The lowest BCUT2D eigenvalue weighted by atomic mass is 10.0. The minimum Gasteiger partial charge on any atom is -0.388 e. The highest BCUT2D eigenvalue weighted by Gasteiger charge is 2.32. The average Bonchev–Trinajstić information content (AvgIpc) is 2.84. The lowest BCUT2D eigenvalue weighted by Gasteiger charge is -2.29. The highest BCUT2D eigenvalue weighted by atomic mass is 32.2. The first-order valence-electron chi connectivity index (χ1n) is 6.39. The van der Waals surface area contributed by atoms with Crippen LogP contribution < -0.4 is 16.2 Å². The highest BCUT2D eigenvalue weighted by molar-refractivity contribution is 7.98. The molecule has 1 heterocycles. The molecule has 0 atom stereocenters. The molecule has 1 aromatic heterocycles. The molecule has 0 amide bonds. The van der Waals surface area contributed by atoms with Crippen molar-refractivity contribution in [3.63, 3.8) is 0 Å².